The molecule has 0 saturated carbocycles. The predicted octanol–water partition coefficient (Wildman–Crippen LogP) is 4.27. The van der Waals surface area contributed by atoms with E-state index in [0.717, 1.165) is 12.0 Å². The second kappa shape index (κ2) is 11.4. The molecule has 6 atom stereocenters. The summed E-state index contributed by atoms with van der Waals surface area (Å²) in [6.07, 6.45) is 5.38. The van der Waals surface area contributed by atoms with Crippen LogP contribution in [0.15, 0.2) is 55.6 Å². The fourth-order valence-electron chi connectivity index (χ4n) is 7.19. The first-order chi connectivity index (χ1) is 18.9. The van der Waals surface area contributed by atoms with Crippen molar-refractivity contribution in [2.75, 3.05) is 19.7 Å². The summed E-state index contributed by atoms with van der Waals surface area (Å²) in [4.78, 5) is 48.7. The molecule has 0 radical (unpaired) electrons. The third-order valence-corrected chi connectivity index (χ3v) is 11.0. The zero-order valence-electron chi connectivity index (χ0n) is 24.6. The van der Waals surface area contributed by atoms with Crippen LogP contribution in [-0.2, 0) is 20.9 Å². The van der Waals surface area contributed by atoms with Gasteiger partial charge in [0.05, 0.1) is 29.2 Å². The number of aliphatic hydroxyl groups is 1. The Balaban J connectivity index is 1.80. The summed E-state index contributed by atoms with van der Waals surface area (Å²) in [6, 6.07) is 8.58. The van der Waals surface area contributed by atoms with Crippen LogP contribution >= 0.6 is 11.8 Å². The first kappa shape index (κ1) is 30.4. The summed E-state index contributed by atoms with van der Waals surface area (Å²) in [6.45, 7) is 18.6. The number of likely N-dealkylation sites (tertiary alicyclic amines) is 1. The monoisotopic (exact) mass is 567 g/mol. The lowest BCUT2D eigenvalue weighted by Gasteiger charge is -2.43. The van der Waals surface area contributed by atoms with Crippen LogP contribution < -0.4 is 0 Å². The molecular weight excluding hydrogens is 522 g/mol. The van der Waals surface area contributed by atoms with Crippen molar-refractivity contribution in [1.82, 2.24) is 14.7 Å². The Labute approximate surface area is 243 Å². The van der Waals surface area contributed by atoms with Gasteiger partial charge in [-0.15, -0.1) is 24.9 Å². The molecule has 3 heterocycles. The van der Waals surface area contributed by atoms with Gasteiger partial charge in [0.25, 0.3) is 0 Å². The van der Waals surface area contributed by atoms with E-state index >= 15 is 0 Å². The quantitative estimate of drug-likeness (QED) is 0.404. The van der Waals surface area contributed by atoms with Crippen molar-refractivity contribution in [1.29, 1.82) is 0 Å². The van der Waals surface area contributed by atoms with Gasteiger partial charge in [-0.25, -0.2) is 0 Å². The molecule has 3 aliphatic heterocycles. The molecule has 218 valence electrons. The van der Waals surface area contributed by atoms with E-state index in [4.69, 9.17) is 0 Å². The normalized spacial score (nSPS) is 29.7. The van der Waals surface area contributed by atoms with Crippen molar-refractivity contribution >= 4 is 29.5 Å². The van der Waals surface area contributed by atoms with E-state index in [9.17, 15) is 19.5 Å². The maximum Gasteiger partial charge on any atom is 0.247 e. The highest BCUT2D eigenvalue weighted by Gasteiger charge is 2.78. The highest BCUT2D eigenvalue weighted by atomic mass is 32.2. The average molecular weight is 568 g/mol. The van der Waals surface area contributed by atoms with Crippen LogP contribution in [0.1, 0.15) is 59.4 Å². The molecule has 1 aromatic rings. The highest BCUT2D eigenvalue weighted by molar-refractivity contribution is 8.02. The van der Waals surface area contributed by atoms with Gasteiger partial charge in [0, 0.05) is 29.9 Å². The van der Waals surface area contributed by atoms with E-state index in [2.05, 4.69) is 20.1 Å². The molecule has 3 fully saturated rings. The third-order valence-electron chi connectivity index (χ3n) is 9.05. The van der Waals surface area contributed by atoms with Crippen LogP contribution in [0.2, 0.25) is 0 Å². The van der Waals surface area contributed by atoms with Gasteiger partial charge in [0.2, 0.25) is 17.7 Å². The minimum atomic E-state index is -0.757. The fraction of sp³-hybridized carbons (Fsp3) is 0.594. The maximum atomic E-state index is 14.5. The number of nitrogens with zero attached hydrogens (tertiary/aromatic N) is 3. The van der Waals surface area contributed by atoms with Crippen molar-refractivity contribution < 1.29 is 19.5 Å². The van der Waals surface area contributed by atoms with Crippen LogP contribution in [0.5, 0.6) is 0 Å². The molecule has 3 aliphatic rings. The summed E-state index contributed by atoms with van der Waals surface area (Å²) in [5.41, 5.74) is 0.518. The Hall–Kier alpha value is -2.58. The molecule has 1 spiro atoms. The molecule has 2 unspecified atom stereocenters. The van der Waals surface area contributed by atoms with Crippen molar-refractivity contribution in [3.63, 3.8) is 0 Å². The first-order valence-electron chi connectivity index (χ1n) is 14.4. The van der Waals surface area contributed by atoms with Gasteiger partial charge < -0.3 is 19.8 Å². The number of carbonyl (C=O) groups is 3. The molecule has 0 aliphatic carbocycles. The summed E-state index contributed by atoms with van der Waals surface area (Å²) >= 11 is 1.67. The Kier molecular flexibility index (Phi) is 8.63. The Bertz CT molecular complexity index is 1150. The number of hydrogen-bond acceptors (Lipinski definition) is 5. The lowest BCUT2D eigenvalue weighted by molar-refractivity contribution is -0.149. The topological polar surface area (TPSA) is 81.2 Å². The van der Waals surface area contributed by atoms with Crippen LogP contribution in [0.3, 0.4) is 0 Å². The molecule has 4 rings (SSSR count). The molecule has 1 N–H and O–H groups in total. The van der Waals surface area contributed by atoms with Crippen molar-refractivity contribution in [2.45, 2.75) is 87.5 Å². The van der Waals surface area contributed by atoms with Gasteiger partial charge in [-0.3, -0.25) is 14.4 Å². The molecule has 2 bridgehead atoms. The lowest BCUT2D eigenvalue weighted by Crippen LogP contribution is -2.60. The number of aliphatic hydroxyl groups excluding tert-OH is 1. The van der Waals surface area contributed by atoms with Crippen LogP contribution in [0.4, 0.5) is 0 Å². The van der Waals surface area contributed by atoms with Crippen LogP contribution in [-0.4, -0.2) is 84.3 Å². The molecule has 7 nitrogen and oxygen atoms in total. The average Bonchev–Trinajstić information content (AvgIpc) is 3.48. The van der Waals surface area contributed by atoms with E-state index in [1.54, 1.807) is 38.6 Å². The number of benzene rings is 1. The first-order valence-corrected chi connectivity index (χ1v) is 15.2. The van der Waals surface area contributed by atoms with Crippen molar-refractivity contribution in [2.24, 2.45) is 11.8 Å². The van der Waals surface area contributed by atoms with Crippen molar-refractivity contribution in [3.8, 4) is 0 Å². The second-order valence-corrected chi connectivity index (χ2v) is 14.5. The number of hydrogen-bond donors (Lipinski definition) is 1. The number of fused-ring (bicyclic) bond motifs is 1. The summed E-state index contributed by atoms with van der Waals surface area (Å²) in [5.74, 6) is -1.58. The van der Waals surface area contributed by atoms with E-state index in [0.29, 0.717) is 32.5 Å². The van der Waals surface area contributed by atoms with Gasteiger partial charge in [-0.05, 0) is 52.5 Å². The summed E-state index contributed by atoms with van der Waals surface area (Å²) in [5, 5.41) is 10.4. The standard InChI is InChI=1S/C32H45N3O4S/c1-8-18-33(20-22-14-12-11-13-15-22)27(37)24-25-28(38)35(23(10-3)21-36)26(32(25)17-16-31(24,7)40-32)29(39)34(19-9-2)30(4,5)6/h8-9,11-15,23-26,36H,1-2,10,16-21H2,3-7H3/t23-,24+,25-,26?,31-,32?/m0/s1. The zero-order chi connectivity index (χ0) is 29.5. The van der Waals surface area contributed by atoms with E-state index < -0.39 is 39.0 Å². The van der Waals surface area contributed by atoms with E-state index in [1.165, 1.54) is 0 Å². The zero-order valence-corrected chi connectivity index (χ0v) is 25.5. The second-order valence-electron chi connectivity index (χ2n) is 12.6. The number of rotatable bonds is 11. The van der Waals surface area contributed by atoms with Crippen molar-refractivity contribution in [3.05, 3.63) is 61.2 Å². The van der Waals surface area contributed by atoms with E-state index in [1.807, 2.05) is 58.0 Å². The van der Waals surface area contributed by atoms with E-state index in [-0.39, 0.29) is 24.3 Å². The summed E-state index contributed by atoms with van der Waals surface area (Å²) in [7, 11) is 0. The van der Waals surface area contributed by atoms with Gasteiger partial charge in [-0.1, -0.05) is 49.4 Å². The largest absolute Gasteiger partial charge is 0.394 e. The lowest BCUT2D eigenvalue weighted by atomic mass is 9.66. The summed E-state index contributed by atoms with van der Waals surface area (Å²) < 4.78 is -1.20. The minimum absolute atomic E-state index is 0.0671. The minimum Gasteiger partial charge on any atom is -0.394 e. The Morgan fingerprint density at radius 3 is 2.35 bits per heavy atom. The van der Waals surface area contributed by atoms with Crippen LogP contribution in [0.25, 0.3) is 0 Å². The number of thioether (sulfide) groups is 1. The predicted molar refractivity (Wildman–Crippen MR) is 160 cm³/mol. The SMILES string of the molecule is C=CCN(Cc1ccccc1)C(=O)[C@H]1[C@H]2C(=O)N([C@@H](CC)CO)C(C(=O)N(CC=C)C(C)(C)C)C23CC[C@]1(C)S3. The molecule has 40 heavy (non-hydrogen) atoms. The van der Waals surface area contributed by atoms with Gasteiger partial charge in [0.15, 0.2) is 0 Å². The number of carbonyl (C=O) groups excluding carboxylic acids is 3. The number of amides is 3. The third kappa shape index (κ3) is 4.91. The molecule has 1 aromatic carbocycles. The van der Waals surface area contributed by atoms with Gasteiger partial charge >= 0.3 is 0 Å². The van der Waals surface area contributed by atoms with Gasteiger partial charge in [-0.2, -0.15) is 0 Å². The molecule has 3 saturated heterocycles. The Morgan fingerprint density at radius 1 is 1.15 bits per heavy atom. The maximum absolute atomic E-state index is 14.5. The van der Waals surface area contributed by atoms with Crippen LogP contribution in [0, 0.1) is 11.8 Å². The highest BCUT2D eigenvalue weighted by Crippen LogP contribution is 2.72. The fourth-order valence-corrected chi connectivity index (χ4v) is 9.52. The molecule has 0 aromatic heterocycles. The molecule has 8 heteroatoms. The molecular formula is C32H45N3O4S. The smallest absolute Gasteiger partial charge is 0.247 e. The van der Waals surface area contributed by atoms with Gasteiger partial charge in [0.1, 0.15) is 6.04 Å². The molecule has 3 amide bonds. The Morgan fingerprint density at radius 2 is 1.80 bits per heavy atom.